The van der Waals surface area contributed by atoms with E-state index in [0.717, 1.165) is 0 Å². The van der Waals surface area contributed by atoms with E-state index in [4.69, 9.17) is 0 Å². The van der Waals surface area contributed by atoms with E-state index < -0.39 is 0 Å². The van der Waals surface area contributed by atoms with Crippen LogP contribution in [-0.2, 0) is 32.5 Å². The SMILES string of the molecule is CC(C)(C)c1ccc2c([C+](c3cc(C(C)(C)C)c4ccc(C(C)(C)C)ccc3-4)c3cc(C(C)(C)C)c4ccc(C(C)(C)C)ccc3-4)cc(C(C)(C)C)c-2cc1. The van der Waals surface area contributed by atoms with E-state index >= 15 is 0 Å². The minimum Gasteiger partial charge on any atom is -0.0574 e. The Labute approximate surface area is 336 Å². The average molecular weight is 730 g/mol. The standard InChI is InChI=1S/C55H69/c1-50(2,3)34-19-25-37-40(28-22-34)46(53(10,11)12)31-43(37)49(44-32-47(54(13,14)15)41-29-23-35(51(4,5)6)20-26-38(41)44)45-33-48(55(16,17)18)42-30-24-36(52(7,8)9)21-27-39(42)45/h19-33H,1-18H3/q+1. The molecule has 0 bridgehead atoms. The van der Waals surface area contributed by atoms with Gasteiger partial charge < -0.3 is 0 Å². The first-order valence-corrected chi connectivity index (χ1v) is 20.7. The number of hydrogen-bond acceptors (Lipinski definition) is 0. The predicted octanol–water partition coefficient (Wildman–Crippen LogP) is 15.8. The normalized spacial score (nSPS) is 13.6. The van der Waals surface area contributed by atoms with Crippen molar-refractivity contribution < 1.29 is 0 Å². The Morgan fingerprint density at radius 3 is 0.636 bits per heavy atom. The predicted molar refractivity (Wildman–Crippen MR) is 242 cm³/mol. The van der Waals surface area contributed by atoms with Gasteiger partial charge in [-0.2, -0.15) is 0 Å². The second-order valence-corrected chi connectivity index (χ2v) is 22.6. The molecule has 0 amide bonds. The number of fused-ring (bicyclic) bond motifs is 3. The summed E-state index contributed by atoms with van der Waals surface area (Å²) in [4.78, 5) is 0. The van der Waals surface area contributed by atoms with E-state index in [0.29, 0.717) is 0 Å². The van der Waals surface area contributed by atoms with Crippen molar-refractivity contribution in [2.45, 2.75) is 157 Å². The van der Waals surface area contributed by atoms with Gasteiger partial charge in [-0.05, 0) is 120 Å². The Bertz CT molecular complexity index is 1990. The summed E-state index contributed by atoms with van der Waals surface area (Å²) in [7, 11) is 0. The van der Waals surface area contributed by atoms with E-state index in [2.05, 4.69) is 216 Å². The topological polar surface area (TPSA) is 0 Å². The molecule has 55 heavy (non-hydrogen) atoms. The molecular formula is C55H69+. The summed E-state index contributed by atoms with van der Waals surface area (Å²) in [6.07, 6.45) is 0. The molecule has 0 nitrogen and oxygen atoms in total. The monoisotopic (exact) mass is 730 g/mol. The first kappa shape index (κ1) is 40.6. The molecule has 0 saturated carbocycles. The van der Waals surface area contributed by atoms with E-state index in [1.54, 1.807) is 0 Å². The summed E-state index contributed by atoms with van der Waals surface area (Å²) < 4.78 is 0. The molecule has 0 unspecified atom stereocenters. The Hall–Kier alpha value is -4.03. The quantitative estimate of drug-likeness (QED) is 0.159. The van der Waals surface area contributed by atoms with Crippen molar-refractivity contribution >= 4 is 0 Å². The molecule has 0 aliphatic heterocycles. The van der Waals surface area contributed by atoms with Crippen LogP contribution in [0.3, 0.4) is 0 Å². The molecule has 0 radical (unpaired) electrons. The third kappa shape index (κ3) is 7.73. The van der Waals surface area contributed by atoms with Gasteiger partial charge in [0.05, 0.1) is 22.6 Å². The highest BCUT2D eigenvalue weighted by molar-refractivity contribution is 5.91. The van der Waals surface area contributed by atoms with Crippen LogP contribution in [0.1, 0.15) is 175 Å². The van der Waals surface area contributed by atoms with Crippen LogP contribution in [0.4, 0.5) is 0 Å². The van der Waals surface area contributed by atoms with Gasteiger partial charge in [-0.3, -0.25) is 0 Å². The van der Waals surface area contributed by atoms with Crippen LogP contribution >= 0.6 is 0 Å². The lowest BCUT2D eigenvalue weighted by atomic mass is 9.82. The molecule has 6 aliphatic carbocycles. The molecule has 0 saturated heterocycles. The van der Waals surface area contributed by atoms with E-state index in [-0.39, 0.29) is 32.5 Å². The highest BCUT2D eigenvalue weighted by Gasteiger charge is 2.41. The Balaban J connectivity index is 1.83. The molecule has 0 heteroatoms. The first-order chi connectivity index (χ1) is 25.1. The van der Waals surface area contributed by atoms with Crippen molar-refractivity contribution in [3.05, 3.63) is 147 Å². The number of hydrogen-bond donors (Lipinski definition) is 0. The van der Waals surface area contributed by atoms with Crippen LogP contribution in [0.5, 0.6) is 0 Å². The van der Waals surface area contributed by atoms with Crippen LogP contribution < -0.4 is 0 Å². The summed E-state index contributed by atoms with van der Waals surface area (Å²) in [5, 5.41) is 0. The molecule has 0 aromatic heterocycles. The second kappa shape index (κ2) is 13.3. The minimum atomic E-state index is -0.0464. The van der Waals surface area contributed by atoms with Gasteiger partial charge in [0, 0.05) is 33.4 Å². The van der Waals surface area contributed by atoms with Gasteiger partial charge in [-0.15, -0.1) is 0 Å². The summed E-state index contributed by atoms with van der Waals surface area (Å²) in [6.45, 7) is 42.2. The van der Waals surface area contributed by atoms with Crippen LogP contribution in [0.15, 0.2) is 91.0 Å². The molecule has 288 valence electrons. The fraction of sp³-hybridized carbons (Fsp3) is 0.436. The summed E-state index contributed by atoms with van der Waals surface area (Å²) in [6, 6.07) is 36.4. The van der Waals surface area contributed by atoms with Crippen LogP contribution in [-0.4, -0.2) is 0 Å². The molecule has 0 fully saturated rings. The van der Waals surface area contributed by atoms with Crippen molar-refractivity contribution in [2.75, 3.05) is 0 Å². The van der Waals surface area contributed by atoms with Gasteiger partial charge in [0.2, 0.25) is 0 Å². The maximum atomic E-state index is 2.55. The summed E-state index contributed by atoms with van der Waals surface area (Å²) >= 11 is 0. The van der Waals surface area contributed by atoms with E-state index in [1.165, 1.54) is 89.4 Å². The number of rotatable bonds is 3. The zero-order chi connectivity index (χ0) is 40.8. The fourth-order valence-corrected chi connectivity index (χ4v) is 8.47. The molecule has 0 N–H and O–H groups in total. The van der Waals surface area contributed by atoms with E-state index in [9.17, 15) is 0 Å². The van der Waals surface area contributed by atoms with Crippen molar-refractivity contribution in [1.82, 2.24) is 0 Å². The largest absolute Gasteiger partial charge is 0.0651 e. The molecule has 0 aromatic rings. The Morgan fingerprint density at radius 1 is 0.255 bits per heavy atom. The van der Waals surface area contributed by atoms with Crippen molar-refractivity contribution in [3.63, 3.8) is 0 Å². The van der Waals surface area contributed by atoms with Gasteiger partial charge in [0.15, 0.2) is 0 Å². The fourth-order valence-electron chi connectivity index (χ4n) is 8.47. The molecule has 6 rings (SSSR count). The van der Waals surface area contributed by atoms with Crippen molar-refractivity contribution in [1.29, 1.82) is 0 Å². The Morgan fingerprint density at radius 2 is 0.455 bits per heavy atom. The van der Waals surface area contributed by atoms with E-state index in [1.807, 2.05) is 0 Å². The van der Waals surface area contributed by atoms with Gasteiger partial charge in [0.25, 0.3) is 0 Å². The minimum absolute atomic E-state index is 0.0388. The van der Waals surface area contributed by atoms with Crippen molar-refractivity contribution in [2.24, 2.45) is 0 Å². The Kier molecular flexibility index (Phi) is 9.81. The second-order valence-electron chi connectivity index (χ2n) is 22.6. The summed E-state index contributed by atoms with van der Waals surface area (Å²) in [5.74, 6) is 1.33. The molecule has 0 atom stereocenters. The van der Waals surface area contributed by atoms with Crippen LogP contribution in [0.2, 0.25) is 0 Å². The zero-order valence-electron chi connectivity index (χ0n) is 37.7. The summed E-state index contributed by atoms with van der Waals surface area (Å²) in [5.41, 5.74) is 20.2. The highest BCUT2D eigenvalue weighted by Crippen LogP contribution is 2.54. The third-order valence-electron chi connectivity index (χ3n) is 11.9. The molecule has 0 heterocycles. The van der Waals surface area contributed by atoms with Gasteiger partial charge in [-0.1, -0.05) is 161 Å². The van der Waals surface area contributed by atoms with Crippen LogP contribution in [0.25, 0.3) is 33.4 Å². The maximum absolute atomic E-state index is 2.55. The van der Waals surface area contributed by atoms with Gasteiger partial charge >= 0.3 is 0 Å². The molecule has 0 spiro atoms. The zero-order valence-corrected chi connectivity index (χ0v) is 37.7. The first-order valence-electron chi connectivity index (χ1n) is 20.7. The van der Waals surface area contributed by atoms with Crippen LogP contribution in [0, 0.1) is 5.92 Å². The third-order valence-corrected chi connectivity index (χ3v) is 11.9. The molecular weight excluding hydrogens is 661 g/mol. The van der Waals surface area contributed by atoms with Gasteiger partial charge in [-0.25, -0.2) is 0 Å². The maximum Gasteiger partial charge on any atom is 0.0651 e. The molecule has 0 aromatic carbocycles. The average Bonchev–Trinajstić information content (AvgIpc) is 3.46. The van der Waals surface area contributed by atoms with Gasteiger partial charge in [0.1, 0.15) is 0 Å². The smallest absolute Gasteiger partial charge is 0.0574 e. The lowest BCUT2D eigenvalue weighted by Crippen LogP contribution is -2.11. The highest BCUT2D eigenvalue weighted by atomic mass is 14.4. The van der Waals surface area contributed by atoms with Crippen molar-refractivity contribution in [3.8, 4) is 33.4 Å². The lowest BCUT2D eigenvalue weighted by Gasteiger charge is -2.18. The molecule has 6 aliphatic rings. The lowest BCUT2D eigenvalue weighted by molar-refractivity contribution is 0.590.